The van der Waals surface area contributed by atoms with E-state index in [1.807, 2.05) is 21.1 Å². The van der Waals surface area contributed by atoms with Gasteiger partial charge >= 0.3 is 19.8 Å². The van der Waals surface area contributed by atoms with Gasteiger partial charge < -0.3 is 18.9 Å². The fraction of sp³-hybridized carbons (Fsp3) is 0.778. The normalized spacial score (nSPS) is 14.1. The van der Waals surface area contributed by atoms with Crippen LogP contribution < -0.4 is 0 Å². The Balaban J connectivity index is 4.40. The summed E-state index contributed by atoms with van der Waals surface area (Å²) in [5.74, 6) is -0.830. The van der Waals surface area contributed by atoms with Crippen LogP contribution in [0.1, 0.15) is 174 Å². The second-order valence-electron chi connectivity index (χ2n) is 15.7. The summed E-state index contributed by atoms with van der Waals surface area (Å²) < 4.78 is 34.3. The molecule has 0 aliphatic heterocycles. The van der Waals surface area contributed by atoms with Crippen molar-refractivity contribution >= 4 is 19.8 Å². The number of allylic oxidation sites excluding steroid dienone is 8. The van der Waals surface area contributed by atoms with Crippen LogP contribution in [-0.2, 0) is 32.7 Å². The van der Waals surface area contributed by atoms with E-state index in [-0.39, 0.29) is 32.0 Å². The quantitative estimate of drug-likeness (QED) is 0.0215. The van der Waals surface area contributed by atoms with Gasteiger partial charge in [0.05, 0.1) is 27.7 Å². The minimum atomic E-state index is -4.38. The van der Waals surface area contributed by atoms with E-state index in [1.54, 1.807) is 0 Å². The molecule has 0 heterocycles. The Bertz CT molecular complexity index is 1080. The molecule has 0 aliphatic rings. The van der Waals surface area contributed by atoms with Gasteiger partial charge in [-0.3, -0.25) is 18.6 Å². The number of unbranched alkanes of at least 4 members (excludes halogenated alkanes) is 17. The first-order chi connectivity index (χ1) is 26.5. The third kappa shape index (κ3) is 41.4. The Morgan fingerprint density at radius 2 is 1.04 bits per heavy atom. The predicted octanol–water partition coefficient (Wildman–Crippen LogP) is 12.3. The highest BCUT2D eigenvalue weighted by atomic mass is 31.2. The SMILES string of the molecule is CC/C=C\C/C=C\C/C=C\CCCCCCCC(=O)OC(COC(=O)CCCCCCC/C=C\CCCCCCCCC)COP(=O)(O)OCC[N+](C)(C)C. The number of carbonyl (C=O) groups is 2. The summed E-state index contributed by atoms with van der Waals surface area (Å²) in [7, 11) is 1.45. The Morgan fingerprint density at radius 1 is 0.582 bits per heavy atom. The average molecular weight is 797 g/mol. The molecule has 320 valence electrons. The minimum absolute atomic E-state index is 0.0254. The smallest absolute Gasteiger partial charge is 0.462 e. The lowest BCUT2D eigenvalue weighted by atomic mass is 10.1. The van der Waals surface area contributed by atoms with Gasteiger partial charge in [0.2, 0.25) is 0 Å². The second kappa shape index (κ2) is 37.5. The third-order valence-electron chi connectivity index (χ3n) is 9.09. The Labute approximate surface area is 337 Å². The third-order valence-corrected chi connectivity index (χ3v) is 10.1. The maximum Gasteiger partial charge on any atom is 0.472 e. The zero-order valence-corrected chi connectivity index (χ0v) is 36.8. The first-order valence-electron chi connectivity index (χ1n) is 21.9. The molecule has 0 saturated carbocycles. The zero-order valence-electron chi connectivity index (χ0n) is 35.9. The van der Waals surface area contributed by atoms with E-state index in [1.165, 1.54) is 51.4 Å². The average Bonchev–Trinajstić information content (AvgIpc) is 3.13. The van der Waals surface area contributed by atoms with Crippen LogP contribution in [0.4, 0.5) is 0 Å². The molecule has 0 spiro atoms. The van der Waals surface area contributed by atoms with Gasteiger partial charge in [0.15, 0.2) is 6.10 Å². The summed E-state index contributed by atoms with van der Waals surface area (Å²) in [6, 6.07) is 0. The fourth-order valence-electron chi connectivity index (χ4n) is 5.67. The van der Waals surface area contributed by atoms with Crippen molar-refractivity contribution in [1.29, 1.82) is 0 Å². The standard InChI is InChI=1S/C45H82NO8P/c1-6-8-10-12-14-16-18-20-22-24-25-27-29-31-33-35-37-44(47)51-41-43(42-53-55(49,50)52-40-39-46(3,4)5)54-45(48)38-36-34-32-30-28-26-23-21-19-17-15-13-11-9-7-2/h9,11,15,17,21-24,43H,6-8,10,12-14,16,18-20,25-42H2,1-5H3/p+1/b11-9-,17-15-,23-21-,24-22-. The summed E-state index contributed by atoms with van der Waals surface area (Å²) in [4.78, 5) is 35.3. The molecule has 2 unspecified atom stereocenters. The lowest BCUT2D eigenvalue weighted by Gasteiger charge is -2.24. The summed E-state index contributed by atoms with van der Waals surface area (Å²) >= 11 is 0. The van der Waals surface area contributed by atoms with E-state index in [0.717, 1.165) is 89.9 Å². The van der Waals surface area contributed by atoms with Crippen LogP contribution in [0.5, 0.6) is 0 Å². The van der Waals surface area contributed by atoms with Gasteiger partial charge in [0, 0.05) is 12.8 Å². The molecule has 2 atom stereocenters. The van der Waals surface area contributed by atoms with E-state index in [9.17, 15) is 19.0 Å². The molecule has 0 bridgehead atoms. The Hall–Kier alpha value is -2.03. The second-order valence-corrected chi connectivity index (χ2v) is 17.1. The van der Waals surface area contributed by atoms with E-state index in [4.69, 9.17) is 18.5 Å². The van der Waals surface area contributed by atoms with Gasteiger partial charge in [-0.05, 0) is 70.6 Å². The monoisotopic (exact) mass is 797 g/mol. The highest BCUT2D eigenvalue weighted by Gasteiger charge is 2.27. The molecule has 0 aromatic carbocycles. The number of carbonyl (C=O) groups excluding carboxylic acids is 2. The van der Waals surface area contributed by atoms with Crippen molar-refractivity contribution in [3.8, 4) is 0 Å². The molecule has 55 heavy (non-hydrogen) atoms. The molecule has 0 saturated heterocycles. The molecule has 10 heteroatoms. The summed E-state index contributed by atoms with van der Waals surface area (Å²) in [5, 5.41) is 0. The number of likely N-dealkylation sites (N-methyl/N-ethyl adjacent to an activating group) is 1. The summed E-state index contributed by atoms with van der Waals surface area (Å²) in [5.41, 5.74) is 0. The summed E-state index contributed by atoms with van der Waals surface area (Å²) in [6.07, 6.45) is 43.0. The fourth-order valence-corrected chi connectivity index (χ4v) is 6.41. The van der Waals surface area contributed by atoms with Crippen molar-refractivity contribution in [3.05, 3.63) is 48.6 Å². The van der Waals surface area contributed by atoms with Crippen molar-refractivity contribution < 1.29 is 42.1 Å². The molecule has 0 rings (SSSR count). The van der Waals surface area contributed by atoms with Crippen LogP contribution >= 0.6 is 7.82 Å². The number of phosphoric ester groups is 1. The number of ether oxygens (including phenoxy) is 2. The number of phosphoric acid groups is 1. The Morgan fingerprint density at radius 3 is 1.56 bits per heavy atom. The number of hydrogen-bond donors (Lipinski definition) is 1. The van der Waals surface area contributed by atoms with Crippen LogP contribution in [-0.4, -0.2) is 74.9 Å². The molecule has 0 amide bonds. The first kappa shape index (κ1) is 53.0. The molecule has 0 radical (unpaired) electrons. The molecule has 1 N–H and O–H groups in total. The molecule has 0 aromatic rings. The van der Waals surface area contributed by atoms with E-state index >= 15 is 0 Å². The van der Waals surface area contributed by atoms with Gasteiger partial charge in [-0.25, -0.2) is 4.57 Å². The zero-order chi connectivity index (χ0) is 40.7. The number of quaternary nitrogens is 1. The largest absolute Gasteiger partial charge is 0.472 e. The highest BCUT2D eigenvalue weighted by Crippen LogP contribution is 2.43. The van der Waals surface area contributed by atoms with Crippen LogP contribution in [0.2, 0.25) is 0 Å². The van der Waals surface area contributed by atoms with Gasteiger partial charge in [-0.2, -0.15) is 0 Å². The maximum absolute atomic E-state index is 12.7. The minimum Gasteiger partial charge on any atom is -0.462 e. The van der Waals surface area contributed by atoms with Gasteiger partial charge in [0.1, 0.15) is 19.8 Å². The van der Waals surface area contributed by atoms with E-state index < -0.39 is 26.5 Å². The Kier molecular flexibility index (Phi) is 36.2. The van der Waals surface area contributed by atoms with Crippen LogP contribution in [0.25, 0.3) is 0 Å². The highest BCUT2D eigenvalue weighted by molar-refractivity contribution is 7.47. The molecule has 0 fully saturated rings. The van der Waals surface area contributed by atoms with Crippen molar-refractivity contribution in [2.45, 2.75) is 180 Å². The van der Waals surface area contributed by atoms with Crippen LogP contribution in [0, 0.1) is 0 Å². The topological polar surface area (TPSA) is 108 Å². The van der Waals surface area contributed by atoms with Crippen molar-refractivity contribution in [1.82, 2.24) is 0 Å². The molecular formula is C45H83NO8P+. The van der Waals surface area contributed by atoms with Crippen LogP contribution in [0.15, 0.2) is 48.6 Å². The number of esters is 2. The molecule has 9 nitrogen and oxygen atoms in total. The van der Waals surface area contributed by atoms with Crippen molar-refractivity contribution in [2.75, 3.05) is 47.5 Å². The van der Waals surface area contributed by atoms with E-state index in [2.05, 4.69) is 62.5 Å². The lowest BCUT2D eigenvalue weighted by Crippen LogP contribution is -2.37. The first-order valence-corrected chi connectivity index (χ1v) is 23.4. The lowest BCUT2D eigenvalue weighted by molar-refractivity contribution is -0.870. The van der Waals surface area contributed by atoms with Gasteiger partial charge in [-0.15, -0.1) is 0 Å². The number of hydrogen-bond acceptors (Lipinski definition) is 7. The number of nitrogens with zero attached hydrogens (tertiary/aromatic N) is 1. The van der Waals surface area contributed by atoms with Gasteiger partial charge in [0.25, 0.3) is 0 Å². The number of rotatable bonds is 39. The predicted molar refractivity (Wildman–Crippen MR) is 229 cm³/mol. The maximum atomic E-state index is 12.7. The van der Waals surface area contributed by atoms with Crippen molar-refractivity contribution in [3.63, 3.8) is 0 Å². The summed E-state index contributed by atoms with van der Waals surface area (Å²) in [6.45, 7) is 4.27. The molecule has 0 aromatic heterocycles. The van der Waals surface area contributed by atoms with Gasteiger partial charge in [-0.1, -0.05) is 140 Å². The van der Waals surface area contributed by atoms with E-state index in [0.29, 0.717) is 17.4 Å². The van der Waals surface area contributed by atoms with Crippen molar-refractivity contribution in [2.24, 2.45) is 0 Å². The molecule has 0 aliphatic carbocycles. The van der Waals surface area contributed by atoms with Crippen LogP contribution in [0.3, 0.4) is 0 Å². The molecular weight excluding hydrogens is 713 g/mol.